The summed E-state index contributed by atoms with van der Waals surface area (Å²) >= 11 is 0. The van der Waals surface area contributed by atoms with Crippen LogP contribution in [0.3, 0.4) is 0 Å². The first-order chi connectivity index (χ1) is 37.8. The largest absolute Gasteiger partial charge is 0.455 e. The lowest BCUT2D eigenvalue weighted by Crippen LogP contribution is -2.09. The summed E-state index contributed by atoms with van der Waals surface area (Å²) in [5.74, 6) is 0. The molecule has 0 aliphatic carbocycles. The molecule has 0 N–H and O–H groups in total. The monoisotopic (exact) mass is 806 g/mol. The molecule has 1 heterocycles. The third-order valence-electron chi connectivity index (χ3n) is 11.2. The minimum Gasteiger partial charge on any atom is -0.455 e. The van der Waals surface area contributed by atoms with Gasteiger partial charge in [-0.15, -0.1) is 0 Å². The van der Waals surface area contributed by atoms with Crippen LogP contribution in [0.4, 0.5) is 17.1 Å². The third-order valence-corrected chi connectivity index (χ3v) is 11.2. The van der Waals surface area contributed by atoms with E-state index in [0.717, 1.165) is 48.2 Å². The Morgan fingerprint density at radius 1 is 0.339 bits per heavy atom. The van der Waals surface area contributed by atoms with Crippen molar-refractivity contribution < 1.29 is 27.7 Å². The van der Waals surface area contributed by atoms with Crippen LogP contribution < -0.4 is 4.90 Å². The van der Waals surface area contributed by atoms with E-state index in [-0.39, 0.29) is 11.3 Å². The van der Waals surface area contributed by atoms with Gasteiger partial charge in [-0.2, -0.15) is 0 Å². The van der Waals surface area contributed by atoms with Crippen LogP contribution in [0, 0.1) is 0 Å². The maximum atomic E-state index is 9.78. The van der Waals surface area contributed by atoms with Crippen LogP contribution in [0.25, 0.3) is 98.8 Å². The Labute approximate surface area is 384 Å². The number of anilines is 3. The summed E-state index contributed by atoms with van der Waals surface area (Å²) in [6.45, 7) is 0. The molecule has 1 aromatic heterocycles. The molecule has 0 radical (unpaired) electrons. The summed E-state index contributed by atoms with van der Waals surface area (Å²) < 4.78 is 162. The quantitative estimate of drug-likeness (QED) is 0.149. The summed E-state index contributed by atoms with van der Waals surface area (Å²) in [6.07, 6.45) is 0. The van der Waals surface area contributed by atoms with Gasteiger partial charge in [0, 0.05) is 33.2 Å². The Morgan fingerprint density at radius 3 is 1.60 bits per heavy atom. The van der Waals surface area contributed by atoms with Crippen LogP contribution >= 0.6 is 0 Å². The van der Waals surface area contributed by atoms with Gasteiger partial charge in [-0.3, -0.25) is 0 Å². The molecular weight excluding hydrogens is 751 g/mol. The molecule has 0 spiro atoms. The fourth-order valence-electron chi connectivity index (χ4n) is 8.25. The zero-order chi connectivity index (χ0) is 55.8. The molecule has 12 aromatic rings. The second-order valence-electron chi connectivity index (χ2n) is 14.7. The molecule has 62 heavy (non-hydrogen) atoms. The van der Waals surface area contributed by atoms with Crippen LogP contribution in [-0.2, 0) is 0 Å². The SMILES string of the molecule is [2H]c1c([2H])c([2H])c(-c2c([2H])c([2H])c(-c3c([2H])c([2H])c(N(c4ccc(-c5cccc6oc7c8ccccc8ccc7c56)cc4)c4c([2H])c([2H])c(-c5cc6ccccc6c6ccccc56)c([2H])c4[2H])c([2H])c3[2H])c([2H])c2[2H])c([2H])c1[2H]. The number of rotatable bonds is 7. The van der Waals surface area contributed by atoms with Crippen molar-refractivity contribution in [3.8, 4) is 44.5 Å². The van der Waals surface area contributed by atoms with Gasteiger partial charge in [-0.1, -0.05) is 182 Å². The molecule has 0 atom stereocenters. The van der Waals surface area contributed by atoms with Crippen molar-refractivity contribution in [3.63, 3.8) is 0 Å². The van der Waals surface area contributed by atoms with Gasteiger partial charge in [0.15, 0.2) is 0 Å². The average Bonchev–Trinajstić information content (AvgIpc) is 4.02. The molecule has 2 nitrogen and oxygen atoms in total. The summed E-state index contributed by atoms with van der Waals surface area (Å²) in [6, 6.07) is 28.4. The molecule has 0 unspecified atom stereocenters. The Hall–Kier alpha value is -8.20. The van der Waals surface area contributed by atoms with Crippen molar-refractivity contribution in [2.45, 2.75) is 0 Å². The third kappa shape index (κ3) is 6.12. The van der Waals surface area contributed by atoms with E-state index < -0.39 is 136 Å². The second-order valence-corrected chi connectivity index (χ2v) is 14.7. The number of hydrogen-bond donors (Lipinski definition) is 0. The van der Waals surface area contributed by atoms with E-state index in [9.17, 15) is 11.0 Å². The lowest BCUT2D eigenvalue weighted by Gasteiger charge is -2.26. The summed E-state index contributed by atoms with van der Waals surface area (Å²) in [7, 11) is 0. The smallest absolute Gasteiger partial charge is 0.143 e. The number of hydrogen-bond acceptors (Lipinski definition) is 2. The Kier molecular flexibility index (Phi) is 5.36. The lowest BCUT2D eigenvalue weighted by molar-refractivity contribution is 0.673. The molecule has 0 aliphatic rings. The topological polar surface area (TPSA) is 16.4 Å². The van der Waals surface area contributed by atoms with Crippen LogP contribution in [0.15, 0.2) is 241 Å². The van der Waals surface area contributed by atoms with Crippen molar-refractivity contribution >= 4 is 71.3 Å². The maximum Gasteiger partial charge on any atom is 0.143 e. The van der Waals surface area contributed by atoms with Crippen molar-refractivity contribution in [3.05, 3.63) is 236 Å². The van der Waals surface area contributed by atoms with Gasteiger partial charge in [-0.25, -0.2) is 0 Å². The zero-order valence-electron chi connectivity index (χ0n) is 49.6. The van der Waals surface area contributed by atoms with E-state index in [2.05, 4.69) is 0 Å². The summed E-state index contributed by atoms with van der Waals surface area (Å²) in [4.78, 5) is 1.13. The minimum absolute atomic E-state index is 0.0190. The van der Waals surface area contributed by atoms with Crippen molar-refractivity contribution in [1.82, 2.24) is 0 Å². The van der Waals surface area contributed by atoms with Crippen LogP contribution in [0.5, 0.6) is 0 Å². The molecule has 0 bridgehead atoms. The number of benzene rings is 11. The molecular formula is C60H39NO. The van der Waals surface area contributed by atoms with E-state index in [0.29, 0.717) is 27.7 Å². The van der Waals surface area contributed by atoms with Crippen molar-refractivity contribution in [2.24, 2.45) is 0 Å². The summed E-state index contributed by atoms with van der Waals surface area (Å²) in [5.41, 5.74) is -0.206. The highest BCUT2D eigenvalue weighted by Crippen LogP contribution is 2.43. The highest BCUT2D eigenvalue weighted by molar-refractivity contribution is 6.19. The molecule has 12 rings (SSSR count). The zero-order valence-corrected chi connectivity index (χ0v) is 32.6. The Morgan fingerprint density at radius 2 is 0.903 bits per heavy atom. The predicted molar refractivity (Wildman–Crippen MR) is 263 cm³/mol. The molecule has 0 amide bonds. The molecule has 0 aliphatic heterocycles. The van der Waals surface area contributed by atoms with Gasteiger partial charge in [0.1, 0.15) is 11.2 Å². The first-order valence-corrected chi connectivity index (χ1v) is 19.9. The van der Waals surface area contributed by atoms with Gasteiger partial charge in [0.25, 0.3) is 0 Å². The molecule has 0 saturated heterocycles. The summed E-state index contributed by atoms with van der Waals surface area (Å²) in [5, 5.41) is 6.83. The lowest BCUT2D eigenvalue weighted by atomic mass is 9.93. The van der Waals surface area contributed by atoms with Crippen LogP contribution in [0.1, 0.15) is 23.3 Å². The standard InChI is InChI=1S/C60H39NO/c1-2-11-40(12-3-1)41-21-23-42(24-22-41)43-25-32-48(33-26-43)61(50-36-29-46(30-37-50)57-39-47-14-5-6-15-51(47)54-17-8-9-18-55(54)57)49-34-27-45(28-35-49)52-19-10-20-58-59(52)56-38-31-44-13-4-7-16-53(44)60(56)62-58/h1-39H/i1D,2D,3D,11D,12D,21D,22D,23D,24D,25D,26D,29D,30D,32D,33D,36D,37D. The number of fused-ring (bicyclic) bond motifs is 8. The first-order valence-electron chi connectivity index (χ1n) is 28.4. The number of nitrogens with zero attached hydrogens (tertiary/aromatic N) is 1. The number of furan rings is 1. The van der Waals surface area contributed by atoms with E-state index >= 15 is 0 Å². The van der Waals surface area contributed by atoms with Gasteiger partial charge < -0.3 is 9.32 Å². The fraction of sp³-hybridized carbons (Fsp3) is 0. The van der Waals surface area contributed by atoms with E-state index in [1.165, 1.54) is 0 Å². The fourth-order valence-corrected chi connectivity index (χ4v) is 8.25. The molecule has 0 saturated carbocycles. The highest BCUT2D eigenvalue weighted by Gasteiger charge is 2.18. The Balaban J connectivity index is 1.09. The highest BCUT2D eigenvalue weighted by atomic mass is 16.3. The van der Waals surface area contributed by atoms with Gasteiger partial charge in [0.2, 0.25) is 0 Å². The predicted octanol–water partition coefficient (Wildman–Crippen LogP) is 17.2. The molecule has 11 aromatic carbocycles. The first kappa shape index (κ1) is 22.4. The van der Waals surface area contributed by atoms with Gasteiger partial charge in [0.05, 0.1) is 23.3 Å². The Bertz CT molecular complexity index is 4530. The molecule has 290 valence electrons. The molecule has 0 fully saturated rings. The van der Waals surface area contributed by atoms with Crippen molar-refractivity contribution in [2.75, 3.05) is 4.90 Å². The van der Waals surface area contributed by atoms with Gasteiger partial charge in [-0.05, 0) is 126 Å². The average molecular weight is 807 g/mol. The second kappa shape index (κ2) is 14.8. The van der Waals surface area contributed by atoms with E-state index in [1.54, 1.807) is 24.3 Å². The maximum absolute atomic E-state index is 9.78. The van der Waals surface area contributed by atoms with Gasteiger partial charge >= 0.3 is 0 Å². The molecule has 2 heteroatoms. The van der Waals surface area contributed by atoms with E-state index in [4.69, 9.17) is 16.8 Å². The van der Waals surface area contributed by atoms with Crippen LogP contribution in [0.2, 0.25) is 0 Å². The van der Waals surface area contributed by atoms with E-state index in [1.807, 2.05) is 109 Å². The van der Waals surface area contributed by atoms with Crippen LogP contribution in [-0.4, -0.2) is 0 Å². The minimum atomic E-state index is -0.881. The van der Waals surface area contributed by atoms with Crippen molar-refractivity contribution in [1.29, 1.82) is 0 Å². The normalized spacial score (nSPS) is 15.4.